The van der Waals surface area contributed by atoms with Crippen LogP contribution in [0.4, 0.5) is 0 Å². The summed E-state index contributed by atoms with van der Waals surface area (Å²) >= 11 is 1.27. The minimum absolute atomic E-state index is 0.0553. The van der Waals surface area contributed by atoms with Gasteiger partial charge in [-0.3, -0.25) is 4.79 Å². The van der Waals surface area contributed by atoms with Crippen molar-refractivity contribution in [2.24, 2.45) is 0 Å². The van der Waals surface area contributed by atoms with Gasteiger partial charge in [-0.1, -0.05) is 26.2 Å². The smallest absolute Gasteiger partial charge is 0.367 e. The Morgan fingerprint density at radius 2 is 2.09 bits per heavy atom. The zero-order chi connectivity index (χ0) is 23.8. The summed E-state index contributed by atoms with van der Waals surface area (Å²) < 4.78 is 13.1. The van der Waals surface area contributed by atoms with Crippen LogP contribution in [0.3, 0.4) is 0 Å². The van der Waals surface area contributed by atoms with Crippen LogP contribution in [-0.4, -0.2) is 58.7 Å². The van der Waals surface area contributed by atoms with Gasteiger partial charge in [-0.25, -0.2) is 9.78 Å². The second kappa shape index (κ2) is 12.3. The number of nitrogens with zero attached hydrogens (tertiary/aromatic N) is 3. The predicted molar refractivity (Wildman–Crippen MR) is 131 cm³/mol. The Kier molecular flexibility index (Phi) is 9.50. The second-order valence-corrected chi connectivity index (χ2v) is 9.34. The molecule has 0 N–H and O–H groups in total. The molecule has 0 aromatic carbocycles. The summed E-state index contributed by atoms with van der Waals surface area (Å²) in [5.41, 5.74) is 3.16. The van der Waals surface area contributed by atoms with Crippen molar-refractivity contribution in [3.05, 3.63) is 27.7 Å². The molecule has 0 aliphatic carbocycles. The Labute approximate surface area is 201 Å². The van der Waals surface area contributed by atoms with E-state index in [1.54, 1.807) is 6.92 Å². The van der Waals surface area contributed by atoms with Crippen LogP contribution in [0, 0.1) is 6.92 Å². The molecule has 33 heavy (non-hydrogen) atoms. The van der Waals surface area contributed by atoms with Gasteiger partial charge in [0.25, 0.3) is 5.91 Å². The molecular formula is C25H37N3O4S. The first-order valence-electron chi connectivity index (χ1n) is 12.2. The number of unbranched alkanes of at least 4 members (excludes halogenated alkanes) is 3. The number of rotatable bonds is 12. The van der Waals surface area contributed by atoms with E-state index in [1.165, 1.54) is 24.2 Å². The highest BCUT2D eigenvalue weighted by atomic mass is 32.1. The standard InChI is InChI=1S/C25H37N3O4S/c1-5-8-9-10-13-27(6-2)24(29)20-15-22(21-17-33-23(26-21)25(30)31-7-3)28(18(20)4)16-19-12-11-14-32-19/h15,17,19H,5-14,16H2,1-4H3. The molecule has 182 valence electrons. The Balaban J connectivity index is 1.91. The minimum Gasteiger partial charge on any atom is -0.461 e. The van der Waals surface area contributed by atoms with E-state index in [0.29, 0.717) is 36.0 Å². The molecule has 1 amide bonds. The van der Waals surface area contributed by atoms with Crippen molar-refractivity contribution >= 4 is 23.2 Å². The third-order valence-electron chi connectivity index (χ3n) is 6.17. The van der Waals surface area contributed by atoms with Gasteiger partial charge in [-0.05, 0) is 46.1 Å². The van der Waals surface area contributed by atoms with Crippen LogP contribution in [0.5, 0.6) is 0 Å². The Bertz CT molecular complexity index is 930. The SMILES string of the molecule is CCCCCCN(CC)C(=O)c1cc(-c2csc(C(=O)OCC)n2)n(CC2CCCO2)c1C. The van der Waals surface area contributed by atoms with Crippen molar-refractivity contribution in [3.63, 3.8) is 0 Å². The van der Waals surface area contributed by atoms with Crippen molar-refractivity contribution in [2.75, 3.05) is 26.3 Å². The lowest BCUT2D eigenvalue weighted by Gasteiger charge is -2.21. The van der Waals surface area contributed by atoms with Gasteiger partial charge in [0, 0.05) is 37.3 Å². The average Bonchev–Trinajstić information content (AvgIpc) is 3.56. The van der Waals surface area contributed by atoms with E-state index in [0.717, 1.165) is 50.2 Å². The van der Waals surface area contributed by atoms with E-state index in [2.05, 4.69) is 16.5 Å². The molecule has 1 aliphatic heterocycles. The van der Waals surface area contributed by atoms with Crippen LogP contribution in [0.1, 0.15) is 85.2 Å². The molecule has 7 nitrogen and oxygen atoms in total. The molecule has 1 aliphatic rings. The molecular weight excluding hydrogens is 438 g/mol. The Morgan fingerprint density at radius 3 is 2.76 bits per heavy atom. The molecule has 2 aromatic rings. The van der Waals surface area contributed by atoms with Crippen molar-refractivity contribution in [2.45, 2.75) is 78.9 Å². The molecule has 0 spiro atoms. The monoisotopic (exact) mass is 475 g/mol. The average molecular weight is 476 g/mol. The van der Waals surface area contributed by atoms with Crippen LogP contribution >= 0.6 is 11.3 Å². The Hall–Kier alpha value is -2.19. The summed E-state index contributed by atoms with van der Waals surface area (Å²) in [7, 11) is 0. The first-order valence-corrected chi connectivity index (χ1v) is 13.1. The fraction of sp³-hybridized carbons (Fsp3) is 0.640. The van der Waals surface area contributed by atoms with Crippen molar-refractivity contribution in [3.8, 4) is 11.4 Å². The maximum absolute atomic E-state index is 13.5. The van der Waals surface area contributed by atoms with E-state index < -0.39 is 5.97 Å². The molecule has 1 fully saturated rings. The van der Waals surface area contributed by atoms with Gasteiger partial charge in [0.1, 0.15) is 0 Å². The van der Waals surface area contributed by atoms with E-state index in [9.17, 15) is 9.59 Å². The number of thiazole rings is 1. The number of aromatic nitrogens is 2. The van der Waals surface area contributed by atoms with Gasteiger partial charge in [0.2, 0.25) is 5.01 Å². The van der Waals surface area contributed by atoms with Gasteiger partial charge in [-0.2, -0.15) is 0 Å². The van der Waals surface area contributed by atoms with Crippen LogP contribution in [0.15, 0.2) is 11.4 Å². The molecule has 3 rings (SSSR count). The number of carbonyl (C=O) groups is 2. The maximum atomic E-state index is 13.5. The topological polar surface area (TPSA) is 73.7 Å². The highest BCUT2D eigenvalue weighted by Gasteiger charge is 2.26. The van der Waals surface area contributed by atoms with E-state index in [4.69, 9.17) is 9.47 Å². The summed E-state index contributed by atoms with van der Waals surface area (Å²) in [6, 6.07) is 1.94. The van der Waals surface area contributed by atoms with Crippen molar-refractivity contribution in [1.82, 2.24) is 14.5 Å². The summed E-state index contributed by atoms with van der Waals surface area (Å²) in [6.45, 7) is 11.2. The lowest BCUT2D eigenvalue weighted by Crippen LogP contribution is -2.32. The molecule has 8 heteroatoms. The number of hydrogen-bond donors (Lipinski definition) is 0. The number of hydrogen-bond acceptors (Lipinski definition) is 6. The highest BCUT2D eigenvalue weighted by Crippen LogP contribution is 2.30. The van der Waals surface area contributed by atoms with Crippen LogP contribution in [-0.2, 0) is 16.0 Å². The van der Waals surface area contributed by atoms with Gasteiger partial charge in [-0.15, -0.1) is 11.3 Å². The van der Waals surface area contributed by atoms with Gasteiger partial charge >= 0.3 is 5.97 Å². The Morgan fingerprint density at radius 1 is 1.27 bits per heavy atom. The van der Waals surface area contributed by atoms with Crippen LogP contribution in [0.2, 0.25) is 0 Å². The summed E-state index contributed by atoms with van der Waals surface area (Å²) in [6.07, 6.45) is 6.71. The fourth-order valence-electron chi connectivity index (χ4n) is 4.28. The fourth-order valence-corrected chi connectivity index (χ4v) is 4.99. The first kappa shape index (κ1) is 25.4. The second-order valence-electron chi connectivity index (χ2n) is 8.48. The quantitative estimate of drug-likeness (QED) is 0.307. The predicted octanol–water partition coefficient (Wildman–Crippen LogP) is 5.32. The largest absolute Gasteiger partial charge is 0.461 e. The van der Waals surface area contributed by atoms with E-state index >= 15 is 0 Å². The zero-order valence-electron chi connectivity index (χ0n) is 20.4. The number of ether oxygens (including phenoxy) is 2. The molecule has 3 heterocycles. The molecule has 0 radical (unpaired) electrons. The number of carbonyl (C=O) groups excluding carboxylic acids is 2. The van der Waals surface area contributed by atoms with Crippen molar-refractivity contribution in [1.29, 1.82) is 0 Å². The van der Waals surface area contributed by atoms with Gasteiger partial charge < -0.3 is 18.9 Å². The molecule has 0 bridgehead atoms. The molecule has 1 unspecified atom stereocenters. The maximum Gasteiger partial charge on any atom is 0.367 e. The zero-order valence-corrected chi connectivity index (χ0v) is 21.2. The van der Waals surface area contributed by atoms with Gasteiger partial charge in [0.05, 0.1) is 29.7 Å². The normalized spacial score (nSPS) is 15.7. The third kappa shape index (κ3) is 6.23. The lowest BCUT2D eigenvalue weighted by molar-refractivity contribution is 0.0525. The third-order valence-corrected chi connectivity index (χ3v) is 7.00. The van der Waals surface area contributed by atoms with Crippen molar-refractivity contribution < 1.29 is 19.1 Å². The molecule has 0 saturated carbocycles. The molecule has 1 saturated heterocycles. The van der Waals surface area contributed by atoms with Crippen LogP contribution in [0.25, 0.3) is 11.4 Å². The first-order chi connectivity index (χ1) is 16.0. The molecule has 1 atom stereocenters. The summed E-state index contributed by atoms with van der Waals surface area (Å²) in [4.78, 5) is 32.1. The highest BCUT2D eigenvalue weighted by molar-refractivity contribution is 7.11. The van der Waals surface area contributed by atoms with Gasteiger partial charge in [0.15, 0.2) is 0 Å². The van der Waals surface area contributed by atoms with E-state index in [1.807, 2.05) is 30.2 Å². The summed E-state index contributed by atoms with van der Waals surface area (Å²) in [5.74, 6) is -0.358. The van der Waals surface area contributed by atoms with Crippen LogP contribution < -0.4 is 0 Å². The summed E-state index contributed by atoms with van der Waals surface area (Å²) in [5, 5.41) is 2.19. The number of amides is 1. The molecule has 2 aromatic heterocycles. The number of esters is 1. The van der Waals surface area contributed by atoms with E-state index in [-0.39, 0.29) is 12.0 Å². The minimum atomic E-state index is -0.414. The lowest BCUT2D eigenvalue weighted by atomic mass is 10.1.